The third-order valence-electron chi connectivity index (χ3n) is 1.89. The topological polar surface area (TPSA) is 103 Å². The Morgan fingerprint density at radius 2 is 2.18 bits per heavy atom. The molecular weight excluding hydrogens is 226 g/mol. The quantitative estimate of drug-likeness (QED) is 0.778. The van der Waals surface area contributed by atoms with Crippen LogP contribution in [0.4, 0.5) is 0 Å². The summed E-state index contributed by atoms with van der Waals surface area (Å²) in [6.07, 6.45) is 4.57. The third-order valence-corrected chi connectivity index (χ3v) is 1.89. The van der Waals surface area contributed by atoms with Gasteiger partial charge in [-0.2, -0.15) is 4.98 Å². The van der Waals surface area contributed by atoms with Crippen LogP contribution in [0.2, 0.25) is 0 Å². The number of ether oxygens (including phenoxy) is 1. The largest absolute Gasteiger partial charge is 0.479 e. The van der Waals surface area contributed by atoms with Gasteiger partial charge in [-0.1, -0.05) is 0 Å². The number of hydrogen-bond donors (Lipinski definition) is 1. The second-order valence-corrected chi connectivity index (χ2v) is 3.15. The summed E-state index contributed by atoms with van der Waals surface area (Å²) in [7, 11) is 1.67. The SMILES string of the molecule is Cn1nc(OCC(=O)O)nc1-c1cncnc1. The van der Waals surface area contributed by atoms with E-state index in [-0.39, 0.29) is 6.01 Å². The Bertz CT molecular complexity index is 525. The Kier molecular flexibility index (Phi) is 2.95. The highest BCUT2D eigenvalue weighted by Gasteiger charge is 2.11. The number of carboxylic acid groups (broad SMARTS) is 1. The van der Waals surface area contributed by atoms with Crippen LogP contribution < -0.4 is 4.74 Å². The van der Waals surface area contributed by atoms with Crippen molar-refractivity contribution in [2.75, 3.05) is 6.61 Å². The highest BCUT2D eigenvalue weighted by atomic mass is 16.5. The first-order chi connectivity index (χ1) is 8.16. The van der Waals surface area contributed by atoms with E-state index in [1.54, 1.807) is 19.4 Å². The molecule has 2 rings (SSSR count). The first-order valence-electron chi connectivity index (χ1n) is 4.68. The third kappa shape index (κ3) is 2.54. The lowest BCUT2D eigenvalue weighted by molar-refractivity contribution is -0.139. The van der Waals surface area contributed by atoms with E-state index < -0.39 is 12.6 Å². The fraction of sp³-hybridized carbons (Fsp3) is 0.222. The maximum Gasteiger partial charge on any atom is 0.341 e. The fourth-order valence-electron chi connectivity index (χ4n) is 1.21. The zero-order valence-corrected chi connectivity index (χ0v) is 8.94. The molecule has 17 heavy (non-hydrogen) atoms. The van der Waals surface area contributed by atoms with Gasteiger partial charge in [0.25, 0.3) is 0 Å². The maximum absolute atomic E-state index is 10.3. The zero-order valence-electron chi connectivity index (χ0n) is 8.94. The molecule has 0 bridgehead atoms. The second-order valence-electron chi connectivity index (χ2n) is 3.15. The van der Waals surface area contributed by atoms with Crippen molar-refractivity contribution < 1.29 is 14.6 Å². The molecule has 0 amide bonds. The van der Waals surface area contributed by atoms with Crippen LogP contribution in [0.15, 0.2) is 18.7 Å². The summed E-state index contributed by atoms with van der Waals surface area (Å²) in [4.78, 5) is 22.1. The number of carboxylic acids is 1. The van der Waals surface area contributed by atoms with Crippen LogP contribution in [-0.2, 0) is 11.8 Å². The van der Waals surface area contributed by atoms with Gasteiger partial charge in [-0.05, 0) is 0 Å². The van der Waals surface area contributed by atoms with E-state index in [1.165, 1.54) is 11.0 Å². The van der Waals surface area contributed by atoms with Crippen molar-refractivity contribution in [1.82, 2.24) is 24.7 Å². The maximum atomic E-state index is 10.3. The van der Waals surface area contributed by atoms with Crippen molar-refractivity contribution in [3.8, 4) is 17.4 Å². The van der Waals surface area contributed by atoms with Crippen molar-refractivity contribution >= 4 is 5.97 Å². The van der Waals surface area contributed by atoms with Crippen LogP contribution in [-0.4, -0.2) is 42.4 Å². The van der Waals surface area contributed by atoms with E-state index in [4.69, 9.17) is 9.84 Å². The van der Waals surface area contributed by atoms with Gasteiger partial charge in [0.1, 0.15) is 6.33 Å². The lowest BCUT2D eigenvalue weighted by atomic mass is 10.3. The molecule has 2 aromatic rings. The van der Waals surface area contributed by atoms with Crippen LogP contribution in [0, 0.1) is 0 Å². The predicted octanol–water partition coefficient (Wildman–Crippen LogP) is -0.265. The predicted molar refractivity (Wildman–Crippen MR) is 55.2 cm³/mol. The number of hydrogen-bond acceptors (Lipinski definition) is 6. The highest BCUT2D eigenvalue weighted by Crippen LogP contribution is 2.16. The Hall–Kier alpha value is -2.51. The minimum Gasteiger partial charge on any atom is -0.479 e. The van der Waals surface area contributed by atoms with Gasteiger partial charge in [0.05, 0.1) is 5.56 Å². The Morgan fingerprint density at radius 1 is 1.47 bits per heavy atom. The molecular formula is C9H9N5O3. The summed E-state index contributed by atoms with van der Waals surface area (Å²) in [5.41, 5.74) is 0.674. The highest BCUT2D eigenvalue weighted by molar-refractivity contribution is 5.68. The zero-order chi connectivity index (χ0) is 12.3. The van der Waals surface area contributed by atoms with Crippen LogP contribution in [0.5, 0.6) is 6.01 Å². The molecule has 0 fully saturated rings. The van der Waals surface area contributed by atoms with E-state index >= 15 is 0 Å². The number of aliphatic carboxylic acids is 1. The molecule has 0 unspecified atom stereocenters. The molecule has 0 saturated heterocycles. The standard InChI is InChI=1S/C9H9N5O3/c1-14-8(6-2-10-5-11-3-6)12-9(13-14)17-4-7(15)16/h2-3,5H,4H2,1H3,(H,15,16). The number of aromatic nitrogens is 5. The van der Waals surface area contributed by atoms with Crippen molar-refractivity contribution in [1.29, 1.82) is 0 Å². The summed E-state index contributed by atoms with van der Waals surface area (Å²) < 4.78 is 6.34. The van der Waals surface area contributed by atoms with Gasteiger partial charge in [0, 0.05) is 19.4 Å². The van der Waals surface area contributed by atoms with Gasteiger partial charge < -0.3 is 9.84 Å². The van der Waals surface area contributed by atoms with Crippen molar-refractivity contribution in [3.63, 3.8) is 0 Å². The van der Waals surface area contributed by atoms with Gasteiger partial charge in [0.2, 0.25) is 0 Å². The minimum absolute atomic E-state index is 0.00810. The Balaban J connectivity index is 2.22. The first-order valence-corrected chi connectivity index (χ1v) is 4.68. The molecule has 2 heterocycles. The fourth-order valence-corrected chi connectivity index (χ4v) is 1.21. The smallest absolute Gasteiger partial charge is 0.341 e. The summed E-state index contributed by atoms with van der Waals surface area (Å²) in [6.45, 7) is -0.477. The summed E-state index contributed by atoms with van der Waals surface area (Å²) >= 11 is 0. The lowest BCUT2D eigenvalue weighted by Crippen LogP contribution is -2.10. The molecule has 88 valence electrons. The second kappa shape index (κ2) is 4.56. The summed E-state index contributed by atoms with van der Waals surface area (Å²) in [5, 5.41) is 12.4. The molecule has 0 radical (unpaired) electrons. The number of carbonyl (C=O) groups is 1. The van der Waals surface area contributed by atoms with Crippen molar-refractivity contribution in [2.45, 2.75) is 0 Å². The van der Waals surface area contributed by atoms with E-state index in [2.05, 4.69) is 20.1 Å². The molecule has 0 saturated carbocycles. The van der Waals surface area contributed by atoms with Crippen LogP contribution in [0.25, 0.3) is 11.4 Å². The minimum atomic E-state index is -1.08. The van der Waals surface area contributed by atoms with Crippen molar-refractivity contribution in [2.24, 2.45) is 7.05 Å². The van der Waals surface area contributed by atoms with Crippen LogP contribution in [0.1, 0.15) is 0 Å². The number of aryl methyl sites for hydroxylation is 1. The van der Waals surface area contributed by atoms with Crippen LogP contribution in [0.3, 0.4) is 0 Å². The molecule has 8 nitrogen and oxygen atoms in total. The monoisotopic (exact) mass is 235 g/mol. The Labute approximate surface area is 95.9 Å². The summed E-state index contributed by atoms with van der Waals surface area (Å²) in [5.74, 6) is -0.576. The Morgan fingerprint density at radius 3 is 2.82 bits per heavy atom. The summed E-state index contributed by atoms with van der Waals surface area (Å²) in [6, 6.07) is 0.00810. The van der Waals surface area contributed by atoms with Gasteiger partial charge >= 0.3 is 12.0 Å². The van der Waals surface area contributed by atoms with Crippen LogP contribution >= 0.6 is 0 Å². The first kappa shape index (κ1) is 11.0. The number of nitrogens with zero attached hydrogens (tertiary/aromatic N) is 5. The molecule has 2 aromatic heterocycles. The molecule has 0 aliphatic rings. The van der Waals surface area contributed by atoms with Crippen molar-refractivity contribution in [3.05, 3.63) is 18.7 Å². The lowest BCUT2D eigenvalue weighted by Gasteiger charge is -1.96. The molecule has 8 heteroatoms. The number of rotatable bonds is 4. The van der Waals surface area contributed by atoms with Gasteiger partial charge in [-0.15, -0.1) is 5.10 Å². The molecule has 0 aliphatic carbocycles. The molecule has 0 atom stereocenters. The van der Waals surface area contributed by atoms with E-state index in [9.17, 15) is 4.79 Å². The van der Waals surface area contributed by atoms with E-state index in [0.29, 0.717) is 11.4 Å². The van der Waals surface area contributed by atoms with Gasteiger partial charge in [-0.3, -0.25) is 0 Å². The van der Waals surface area contributed by atoms with E-state index in [1.807, 2.05) is 0 Å². The normalized spacial score (nSPS) is 10.2. The molecule has 0 spiro atoms. The van der Waals surface area contributed by atoms with E-state index in [0.717, 1.165) is 0 Å². The molecule has 0 aliphatic heterocycles. The average Bonchev–Trinajstić information content (AvgIpc) is 2.69. The van der Waals surface area contributed by atoms with Gasteiger partial charge in [0.15, 0.2) is 12.4 Å². The van der Waals surface area contributed by atoms with Gasteiger partial charge in [-0.25, -0.2) is 19.4 Å². The average molecular weight is 235 g/mol. The molecule has 0 aromatic carbocycles. The molecule has 1 N–H and O–H groups in total.